The van der Waals surface area contributed by atoms with Crippen LogP contribution in [-0.2, 0) is 4.74 Å². The Morgan fingerprint density at radius 1 is 1.14 bits per heavy atom. The van der Waals surface area contributed by atoms with Crippen molar-refractivity contribution in [3.05, 3.63) is 42.5 Å². The van der Waals surface area contributed by atoms with Crippen molar-refractivity contribution >= 4 is 6.09 Å². The number of amides is 1. The van der Waals surface area contributed by atoms with Gasteiger partial charge in [0.1, 0.15) is 5.75 Å². The molecule has 1 amide bonds. The van der Waals surface area contributed by atoms with E-state index in [1.165, 1.54) is 19.3 Å². The largest absolute Gasteiger partial charge is 0.415 e. The van der Waals surface area contributed by atoms with E-state index in [0.717, 1.165) is 50.9 Å². The minimum atomic E-state index is -0.260. The quantitative estimate of drug-likeness (QED) is 0.416. The summed E-state index contributed by atoms with van der Waals surface area (Å²) in [7, 11) is 0. The van der Waals surface area contributed by atoms with Crippen molar-refractivity contribution in [2.24, 2.45) is 0 Å². The molecule has 1 aliphatic rings. The maximum Gasteiger partial charge on any atom is 0.415 e. The number of piperidine rings is 1. The maximum absolute atomic E-state index is 12.3. The smallest absolute Gasteiger partial charge is 0.410 e. The van der Waals surface area contributed by atoms with Crippen LogP contribution in [0, 0.1) is 6.92 Å². The molecule has 156 valence electrons. The van der Waals surface area contributed by atoms with Gasteiger partial charge >= 0.3 is 6.09 Å². The monoisotopic (exact) mass is 388 g/mol. The number of carbonyl (C=O) groups excluding carboxylic acids is 1. The summed E-state index contributed by atoms with van der Waals surface area (Å²) < 4.78 is 11.4. The fourth-order valence-electron chi connectivity index (χ4n) is 3.26. The van der Waals surface area contributed by atoms with Crippen molar-refractivity contribution in [3.8, 4) is 5.75 Å². The minimum absolute atomic E-state index is 0.260. The molecule has 1 aromatic rings. The van der Waals surface area contributed by atoms with E-state index in [0.29, 0.717) is 18.8 Å². The number of likely N-dealkylation sites (tertiary alicyclic amines) is 1. The molecular weight excluding hydrogens is 352 g/mol. The highest BCUT2D eigenvalue weighted by Crippen LogP contribution is 2.18. The summed E-state index contributed by atoms with van der Waals surface area (Å²) in [5, 5.41) is 3.41. The van der Waals surface area contributed by atoms with E-state index < -0.39 is 0 Å². The van der Waals surface area contributed by atoms with Gasteiger partial charge in [-0.3, -0.25) is 0 Å². The number of nitrogens with zero attached hydrogens (tertiary/aromatic N) is 1. The van der Waals surface area contributed by atoms with Gasteiger partial charge in [0.05, 0.1) is 6.10 Å². The summed E-state index contributed by atoms with van der Waals surface area (Å²) in [6.07, 6.45) is 9.55. The Morgan fingerprint density at radius 2 is 1.86 bits per heavy atom. The molecule has 1 saturated heterocycles. The Balaban J connectivity index is 1.48. The molecule has 0 aliphatic carbocycles. The van der Waals surface area contributed by atoms with E-state index in [1.807, 2.05) is 37.3 Å². The molecule has 1 aliphatic heterocycles. The van der Waals surface area contributed by atoms with E-state index in [4.69, 9.17) is 9.47 Å². The summed E-state index contributed by atoms with van der Waals surface area (Å²) in [5.74, 6) is 0.602. The standard InChI is InChI=1S/C23H36N2O3/c1-3-4-15-24-16-7-5-6-8-19-27-21-13-17-25(18-14-21)23(26)28-22-11-9-20(2)10-12-22/h3,9-12,21,24H,1,4-8,13-19H2,2H3. The molecule has 0 spiro atoms. The average molecular weight is 389 g/mol. The zero-order valence-corrected chi connectivity index (χ0v) is 17.3. The molecule has 0 bridgehead atoms. The summed E-state index contributed by atoms with van der Waals surface area (Å²) in [6, 6.07) is 7.56. The zero-order valence-electron chi connectivity index (χ0n) is 17.3. The Kier molecular flexibility index (Phi) is 10.7. The van der Waals surface area contributed by atoms with E-state index in [9.17, 15) is 4.79 Å². The third-order valence-corrected chi connectivity index (χ3v) is 5.05. The fraction of sp³-hybridized carbons (Fsp3) is 0.609. The number of ether oxygens (including phenoxy) is 2. The number of benzene rings is 1. The molecule has 0 atom stereocenters. The van der Waals surface area contributed by atoms with Crippen LogP contribution in [0.25, 0.3) is 0 Å². The number of unbranched alkanes of at least 4 members (excludes halogenated alkanes) is 3. The van der Waals surface area contributed by atoms with Crippen LogP contribution in [0.15, 0.2) is 36.9 Å². The lowest BCUT2D eigenvalue weighted by atomic mass is 10.1. The molecule has 0 radical (unpaired) electrons. The molecule has 0 aromatic heterocycles. The first kappa shape index (κ1) is 22.4. The van der Waals surface area contributed by atoms with Crippen LogP contribution < -0.4 is 10.1 Å². The highest BCUT2D eigenvalue weighted by Gasteiger charge is 2.24. The number of hydrogen-bond acceptors (Lipinski definition) is 4. The van der Waals surface area contributed by atoms with Crippen LogP contribution >= 0.6 is 0 Å². The van der Waals surface area contributed by atoms with Gasteiger partial charge in [-0.05, 0) is 64.3 Å². The first-order chi connectivity index (χ1) is 13.7. The average Bonchev–Trinajstić information content (AvgIpc) is 2.71. The molecule has 5 heteroatoms. The van der Waals surface area contributed by atoms with Gasteiger partial charge in [-0.2, -0.15) is 0 Å². The highest BCUT2D eigenvalue weighted by molar-refractivity contribution is 5.70. The second-order valence-corrected chi connectivity index (χ2v) is 7.48. The number of rotatable bonds is 12. The second-order valence-electron chi connectivity index (χ2n) is 7.48. The number of aryl methyl sites for hydroxylation is 1. The molecule has 28 heavy (non-hydrogen) atoms. The summed E-state index contributed by atoms with van der Waals surface area (Å²) >= 11 is 0. The van der Waals surface area contributed by atoms with E-state index in [1.54, 1.807) is 4.90 Å². The molecule has 1 heterocycles. The number of hydrogen-bond donors (Lipinski definition) is 1. The molecule has 0 saturated carbocycles. The van der Waals surface area contributed by atoms with Crippen molar-refractivity contribution in [2.75, 3.05) is 32.8 Å². The van der Waals surface area contributed by atoms with Gasteiger partial charge in [0.15, 0.2) is 0 Å². The van der Waals surface area contributed by atoms with Crippen molar-refractivity contribution in [2.45, 2.75) is 58.0 Å². The summed E-state index contributed by atoms with van der Waals surface area (Å²) in [4.78, 5) is 14.0. The van der Waals surface area contributed by atoms with Crippen molar-refractivity contribution in [3.63, 3.8) is 0 Å². The second kappa shape index (κ2) is 13.3. The first-order valence-electron chi connectivity index (χ1n) is 10.7. The lowest BCUT2D eigenvalue weighted by molar-refractivity contribution is 0.00932. The van der Waals surface area contributed by atoms with Gasteiger partial charge in [-0.1, -0.05) is 36.6 Å². The van der Waals surface area contributed by atoms with Crippen molar-refractivity contribution < 1.29 is 14.3 Å². The molecule has 2 rings (SSSR count). The lowest BCUT2D eigenvalue weighted by Crippen LogP contribution is -2.42. The van der Waals surface area contributed by atoms with E-state index in [2.05, 4.69) is 11.9 Å². The van der Waals surface area contributed by atoms with Gasteiger partial charge < -0.3 is 19.7 Å². The van der Waals surface area contributed by atoms with Crippen LogP contribution in [0.2, 0.25) is 0 Å². The molecule has 0 unspecified atom stereocenters. The molecular formula is C23H36N2O3. The van der Waals surface area contributed by atoms with Crippen LogP contribution in [0.4, 0.5) is 4.79 Å². The van der Waals surface area contributed by atoms with E-state index in [-0.39, 0.29) is 12.2 Å². The van der Waals surface area contributed by atoms with Gasteiger partial charge in [-0.15, -0.1) is 6.58 Å². The molecule has 1 fully saturated rings. The van der Waals surface area contributed by atoms with E-state index >= 15 is 0 Å². The minimum Gasteiger partial charge on any atom is -0.410 e. The van der Waals surface area contributed by atoms with Gasteiger partial charge in [0.25, 0.3) is 0 Å². The highest BCUT2D eigenvalue weighted by atomic mass is 16.6. The van der Waals surface area contributed by atoms with Gasteiger partial charge in [-0.25, -0.2) is 4.79 Å². The topological polar surface area (TPSA) is 50.8 Å². The van der Waals surface area contributed by atoms with Crippen LogP contribution in [0.3, 0.4) is 0 Å². The third kappa shape index (κ3) is 8.89. The van der Waals surface area contributed by atoms with Gasteiger partial charge in [0.2, 0.25) is 0 Å². The SMILES string of the molecule is C=CCCNCCCCCCOC1CCN(C(=O)Oc2ccc(C)cc2)CC1. The van der Waals surface area contributed by atoms with Crippen molar-refractivity contribution in [1.82, 2.24) is 10.2 Å². The zero-order chi connectivity index (χ0) is 20.0. The lowest BCUT2D eigenvalue weighted by Gasteiger charge is -2.31. The molecule has 5 nitrogen and oxygen atoms in total. The summed E-state index contributed by atoms with van der Waals surface area (Å²) in [5.41, 5.74) is 1.15. The third-order valence-electron chi connectivity index (χ3n) is 5.05. The molecule has 1 aromatic carbocycles. The van der Waals surface area contributed by atoms with Crippen LogP contribution in [-0.4, -0.2) is 49.9 Å². The molecule has 1 N–H and O–H groups in total. The predicted molar refractivity (Wildman–Crippen MR) is 114 cm³/mol. The van der Waals surface area contributed by atoms with Crippen LogP contribution in [0.1, 0.15) is 50.5 Å². The maximum atomic E-state index is 12.3. The van der Waals surface area contributed by atoms with Crippen molar-refractivity contribution in [1.29, 1.82) is 0 Å². The van der Waals surface area contributed by atoms with Crippen LogP contribution in [0.5, 0.6) is 5.75 Å². The Hall–Kier alpha value is -1.85. The summed E-state index contributed by atoms with van der Waals surface area (Å²) in [6.45, 7) is 10.1. The van der Waals surface area contributed by atoms with Gasteiger partial charge in [0, 0.05) is 19.7 Å². The Morgan fingerprint density at radius 3 is 2.57 bits per heavy atom. The first-order valence-corrected chi connectivity index (χ1v) is 10.7. The number of carbonyl (C=O) groups is 1. The predicted octanol–water partition coefficient (Wildman–Crippen LogP) is 4.70. The Bertz CT molecular complexity index is 566. The fourth-order valence-corrected chi connectivity index (χ4v) is 3.26. The Labute approximate surface area is 170 Å². The number of nitrogens with one attached hydrogen (secondary N) is 1. The normalized spacial score (nSPS) is 14.8.